The second kappa shape index (κ2) is 4.85. The summed E-state index contributed by atoms with van der Waals surface area (Å²) in [6.45, 7) is 4.85. The van der Waals surface area contributed by atoms with E-state index >= 15 is 0 Å². The zero-order chi connectivity index (χ0) is 11.5. The predicted octanol–water partition coefficient (Wildman–Crippen LogP) is 1.45. The third-order valence-corrected chi connectivity index (χ3v) is 3.30. The van der Waals surface area contributed by atoms with E-state index in [1.807, 2.05) is 6.07 Å². The number of aliphatic hydroxyl groups excluding tert-OH is 1. The number of hydrogen-bond acceptors (Lipinski definition) is 3. The molecule has 3 N–H and O–H groups in total. The molecule has 3 heteroatoms. The Bertz CT molecular complexity index is 365. The first-order valence-electron chi connectivity index (χ1n) is 6.02. The van der Waals surface area contributed by atoms with Crippen molar-refractivity contribution in [2.75, 3.05) is 24.5 Å². The van der Waals surface area contributed by atoms with Gasteiger partial charge in [-0.25, -0.2) is 0 Å². The monoisotopic (exact) mass is 220 g/mol. The molecule has 1 heterocycles. The van der Waals surface area contributed by atoms with Crippen LogP contribution in [0.4, 0.5) is 5.69 Å². The second-order valence-electron chi connectivity index (χ2n) is 4.31. The summed E-state index contributed by atoms with van der Waals surface area (Å²) in [7, 11) is 0. The summed E-state index contributed by atoms with van der Waals surface area (Å²) in [5.74, 6) is 0. The van der Waals surface area contributed by atoms with Crippen LogP contribution in [0.15, 0.2) is 18.2 Å². The lowest BCUT2D eigenvalue weighted by atomic mass is 10.0. The van der Waals surface area contributed by atoms with Crippen LogP contribution in [0, 0.1) is 0 Å². The molecule has 0 bridgehead atoms. The molecule has 1 atom stereocenters. The van der Waals surface area contributed by atoms with Gasteiger partial charge in [-0.05, 0) is 43.5 Å². The molecule has 0 saturated heterocycles. The van der Waals surface area contributed by atoms with Crippen molar-refractivity contribution in [3.63, 3.8) is 0 Å². The van der Waals surface area contributed by atoms with E-state index < -0.39 is 6.10 Å². The minimum absolute atomic E-state index is 0.411. The summed E-state index contributed by atoms with van der Waals surface area (Å²) in [4.78, 5) is 2.37. The summed E-state index contributed by atoms with van der Waals surface area (Å²) in [5, 5.41) is 9.88. The van der Waals surface area contributed by atoms with Gasteiger partial charge in [0.2, 0.25) is 0 Å². The third-order valence-electron chi connectivity index (χ3n) is 3.30. The van der Waals surface area contributed by atoms with Crippen molar-refractivity contribution in [1.82, 2.24) is 0 Å². The van der Waals surface area contributed by atoms with Gasteiger partial charge >= 0.3 is 0 Å². The summed E-state index contributed by atoms with van der Waals surface area (Å²) in [5.41, 5.74) is 9.14. The average molecular weight is 220 g/mol. The molecule has 1 aliphatic rings. The number of fused-ring (bicyclic) bond motifs is 1. The Hall–Kier alpha value is -1.06. The summed E-state index contributed by atoms with van der Waals surface area (Å²) < 4.78 is 0. The van der Waals surface area contributed by atoms with Crippen molar-refractivity contribution in [3.05, 3.63) is 29.3 Å². The maximum absolute atomic E-state index is 9.88. The molecule has 0 amide bonds. The van der Waals surface area contributed by atoms with Crippen LogP contribution >= 0.6 is 0 Å². The zero-order valence-electron chi connectivity index (χ0n) is 9.82. The molecule has 0 spiro atoms. The number of rotatable bonds is 4. The van der Waals surface area contributed by atoms with Gasteiger partial charge in [0.05, 0.1) is 6.10 Å². The number of anilines is 1. The van der Waals surface area contributed by atoms with Crippen LogP contribution in [-0.4, -0.2) is 24.7 Å². The summed E-state index contributed by atoms with van der Waals surface area (Å²) in [6, 6.07) is 6.28. The highest BCUT2D eigenvalue weighted by Crippen LogP contribution is 2.30. The van der Waals surface area contributed by atoms with E-state index in [1.165, 1.54) is 11.3 Å². The summed E-state index contributed by atoms with van der Waals surface area (Å²) >= 11 is 0. The maximum Gasteiger partial charge on any atom is 0.0802 e. The van der Waals surface area contributed by atoms with E-state index in [9.17, 15) is 5.11 Å². The van der Waals surface area contributed by atoms with Crippen LogP contribution < -0.4 is 10.6 Å². The normalized spacial score (nSPS) is 16.3. The van der Waals surface area contributed by atoms with Crippen molar-refractivity contribution >= 4 is 5.69 Å². The van der Waals surface area contributed by atoms with Gasteiger partial charge in [-0.1, -0.05) is 12.1 Å². The van der Waals surface area contributed by atoms with Gasteiger partial charge in [0.1, 0.15) is 0 Å². The molecular weight excluding hydrogens is 200 g/mol. The van der Waals surface area contributed by atoms with E-state index in [-0.39, 0.29) is 0 Å². The Morgan fingerprint density at radius 1 is 1.50 bits per heavy atom. The van der Waals surface area contributed by atoms with E-state index in [0.717, 1.165) is 25.1 Å². The zero-order valence-corrected chi connectivity index (χ0v) is 9.82. The van der Waals surface area contributed by atoms with Crippen molar-refractivity contribution in [3.8, 4) is 0 Å². The molecule has 0 saturated carbocycles. The largest absolute Gasteiger partial charge is 0.388 e. The first kappa shape index (κ1) is 11.4. The van der Waals surface area contributed by atoms with Crippen molar-refractivity contribution in [2.45, 2.75) is 25.9 Å². The number of nitrogens with zero attached hydrogens (tertiary/aromatic N) is 1. The highest BCUT2D eigenvalue weighted by molar-refractivity contribution is 5.59. The Balaban J connectivity index is 2.21. The van der Waals surface area contributed by atoms with E-state index in [4.69, 9.17) is 5.73 Å². The maximum atomic E-state index is 9.88. The lowest BCUT2D eigenvalue weighted by molar-refractivity contribution is 0.170. The smallest absolute Gasteiger partial charge is 0.0802 e. The highest BCUT2D eigenvalue weighted by Gasteiger charge is 2.18. The molecule has 88 valence electrons. The number of aliphatic hydroxyl groups is 1. The lowest BCUT2D eigenvalue weighted by Gasteiger charge is -2.17. The quantitative estimate of drug-likeness (QED) is 0.807. The molecule has 1 aliphatic heterocycles. The highest BCUT2D eigenvalue weighted by atomic mass is 16.3. The van der Waals surface area contributed by atoms with E-state index in [2.05, 4.69) is 24.0 Å². The van der Waals surface area contributed by atoms with Crippen LogP contribution in [0.3, 0.4) is 0 Å². The van der Waals surface area contributed by atoms with Crippen molar-refractivity contribution in [1.29, 1.82) is 0 Å². The minimum Gasteiger partial charge on any atom is -0.388 e. The Morgan fingerprint density at radius 3 is 3.00 bits per heavy atom. The Labute approximate surface area is 96.9 Å². The Kier molecular flexibility index (Phi) is 3.46. The summed E-state index contributed by atoms with van der Waals surface area (Å²) in [6.07, 6.45) is 1.31. The lowest BCUT2D eigenvalue weighted by Crippen LogP contribution is -2.19. The molecule has 0 radical (unpaired) electrons. The molecule has 0 aromatic heterocycles. The van der Waals surface area contributed by atoms with Crippen LogP contribution in [0.25, 0.3) is 0 Å². The standard InChI is InChI=1S/C13H20N2O/c1-2-15-8-6-10-9-11(3-4-12(10)15)13(16)5-7-14/h3-4,9,13,16H,2,5-8,14H2,1H3/t13-/m1/s1. The SMILES string of the molecule is CCN1CCc2cc([C@H](O)CCN)ccc21. The van der Waals surface area contributed by atoms with Crippen LogP contribution in [0.1, 0.15) is 30.6 Å². The van der Waals surface area contributed by atoms with Crippen LogP contribution in [0.2, 0.25) is 0 Å². The van der Waals surface area contributed by atoms with Gasteiger partial charge < -0.3 is 15.7 Å². The van der Waals surface area contributed by atoms with Crippen molar-refractivity contribution < 1.29 is 5.11 Å². The minimum atomic E-state index is -0.411. The molecule has 2 rings (SSSR count). The second-order valence-corrected chi connectivity index (χ2v) is 4.31. The predicted molar refractivity (Wildman–Crippen MR) is 66.7 cm³/mol. The first-order chi connectivity index (χ1) is 7.76. The molecule has 0 fully saturated rings. The van der Waals surface area contributed by atoms with Gasteiger partial charge in [-0.3, -0.25) is 0 Å². The molecule has 16 heavy (non-hydrogen) atoms. The number of benzene rings is 1. The van der Waals surface area contributed by atoms with Gasteiger partial charge in [0.15, 0.2) is 0 Å². The molecular formula is C13H20N2O. The van der Waals surface area contributed by atoms with Gasteiger partial charge in [-0.15, -0.1) is 0 Å². The molecule has 1 aromatic rings. The van der Waals surface area contributed by atoms with E-state index in [1.54, 1.807) is 0 Å². The van der Waals surface area contributed by atoms with Gasteiger partial charge in [-0.2, -0.15) is 0 Å². The fourth-order valence-electron chi connectivity index (χ4n) is 2.35. The average Bonchev–Trinajstić information content (AvgIpc) is 2.71. The Morgan fingerprint density at radius 2 is 2.31 bits per heavy atom. The number of hydrogen-bond donors (Lipinski definition) is 2. The fourth-order valence-corrected chi connectivity index (χ4v) is 2.35. The topological polar surface area (TPSA) is 49.5 Å². The van der Waals surface area contributed by atoms with Gasteiger partial charge in [0, 0.05) is 18.8 Å². The number of nitrogens with two attached hydrogens (primary N) is 1. The van der Waals surface area contributed by atoms with Crippen LogP contribution in [-0.2, 0) is 6.42 Å². The molecule has 3 nitrogen and oxygen atoms in total. The fraction of sp³-hybridized carbons (Fsp3) is 0.538. The molecule has 1 aromatic carbocycles. The first-order valence-corrected chi connectivity index (χ1v) is 6.02. The van der Waals surface area contributed by atoms with Gasteiger partial charge in [0.25, 0.3) is 0 Å². The van der Waals surface area contributed by atoms with Crippen LogP contribution in [0.5, 0.6) is 0 Å². The van der Waals surface area contributed by atoms with E-state index in [0.29, 0.717) is 13.0 Å². The number of likely N-dealkylation sites (N-methyl/N-ethyl adjacent to an activating group) is 1. The molecule has 0 unspecified atom stereocenters. The molecule has 0 aliphatic carbocycles. The third kappa shape index (κ3) is 2.06. The van der Waals surface area contributed by atoms with Crippen molar-refractivity contribution in [2.24, 2.45) is 5.73 Å².